The van der Waals surface area contributed by atoms with Crippen molar-refractivity contribution in [2.75, 3.05) is 39.6 Å². The minimum Gasteiger partial charge on any atom is -0.396 e. The van der Waals surface area contributed by atoms with Crippen LogP contribution in [0.3, 0.4) is 0 Å². The number of rotatable bonds is 44. The standard InChI is InChI=1S/C41H86O8P2/c1-3-5-7-9-11-13-15-17-19-21-23-25-27-29-31-33-35-46-51(49-40-41(37-42,38-43)39-48-50(44)45)47-36-34-32-30-28-26-24-22-20-18-16-14-12-10-8-6-4-2/h42-45H,3-40H2,1-2H3. The van der Waals surface area contributed by atoms with Gasteiger partial charge in [-0.3, -0.25) is 0 Å². The third kappa shape index (κ3) is 37.2. The quantitative estimate of drug-likeness (QED) is 0.0357. The first-order chi connectivity index (χ1) is 25.0. The molecule has 8 nitrogen and oxygen atoms in total. The average Bonchev–Trinajstić information content (AvgIpc) is 3.14. The highest BCUT2D eigenvalue weighted by Gasteiger charge is 2.33. The lowest BCUT2D eigenvalue weighted by Crippen LogP contribution is -2.39. The Hall–Kier alpha value is 0.540. The van der Waals surface area contributed by atoms with Gasteiger partial charge in [0.25, 0.3) is 0 Å². The molecule has 10 heteroatoms. The molecule has 0 saturated carbocycles. The number of aliphatic hydroxyl groups is 2. The molecule has 308 valence electrons. The summed E-state index contributed by atoms with van der Waals surface area (Å²) in [5, 5.41) is 19.8. The van der Waals surface area contributed by atoms with Crippen molar-refractivity contribution < 1.29 is 38.1 Å². The van der Waals surface area contributed by atoms with Crippen LogP contribution >= 0.6 is 17.2 Å². The maximum absolute atomic E-state index is 9.92. The van der Waals surface area contributed by atoms with Crippen LogP contribution in [0.25, 0.3) is 0 Å². The highest BCUT2D eigenvalue weighted by molar-refractivity contribution is 7.41. The van der Waals surface area contributed by atoms with Crippen molar-refractivity contribution >= 4 is 17.2 Å². The van der Waals surface area contributed by atoms with Gasteiger partial charge < -0.3 is 38.1 Å². The van der Waals surface area contributed by atoms with E-state index in [9.17, 15) is 10.2 Å². The zero-order valence-electron chi connectivity index (χ0n) is 33.7. The van der Waals surface area contributed by atoms with Crippen molar-refractivity contribution in [2.45, 2.75) is 219 Å². The van der Waals surface area contributed by atoms with Gasteiger partial charge in [0.1, 0.15) is 0 Å². The van der Waals surface area contributed by atoms with Gasteiger partial charge in [-0.05, 0) is 12.8 Å². The van der Waals surface area contributed by atoms with E-state index >= 15 is 0 Å². The molecule has 0 aliphatic rings. The van der Waals surface area contributed by atoms with Crippen LogP contribution < -0.4 is 0 Å². The lowest BCUT2D eigenvalue weighted by molar-refractivity contribution is -0.0266. The van der Waals surface area contributed by atoms with Crippen LogP contribution in [0.5, 0.6) is 0 Å². The van der Waals surface area contributed by atoms with Crippen molar-refractivity contribution in [3.63, 3.8) is 0 Å². The Balaban J connectivity index is 4.11. The molecular formula is C41H86O8P2. The maximum atomic E-state index is 9.92. The van der Waals surface area contributed by atoms with E-state index in [0.29, 0.717) is 13.2 Å². The summed E-state index contributed by atoms with van der Waals surface area (Å²) in [5.41, 5.74) is -1.16. The van der Waals surface area contributed by atoms with Crippen LogP contribution in [-0.2, 0) is 18.1 Å². The molecule has 0 aliphatic heterocycles. The van der Waals surface area contributed by atoms with Crippen molar-refractivity contribution in [1.82, 2.24) is 0 Å². The fourth-order valence-corrected chi connectivity index (χ4v) is 7.90. The molecule has 0 fully saturated rings. The molecular weight excluding hydrogens is 682 g/mol. The summed E-state index contributed by atoms with van der Waals surface area (Å²) in [7, 11) is -4.24. The highest BCUT2D eigenvalue weighted by Crippen LogP contribution is 2.42. The Labute approximate surface area is 318 Å². The monoisotopic (exact) mass is 769 g/mol. The molecule has 0 radical (unpaired) electrons. The number of unbranched alkanes of at least 4 members (excludes halogenated alkanes) is 30. The van der Waals surface area contributed by atoms with Gasteiger partial charge in [0.15, 0.2) is 0 Å². The zero-order valence-corrected chi connectivity index (χ0v) is 35.5. The van der Waals surface area contributed by atoms with E-state index in [0.717, 1.165) is 25.7 Å². The Morgan fingerprint density at radius 3 is 0.863 bits per heavy atom. The second-order valence-electron chi connectivity index (χ2n) is 15.1. The number of hydrogen-bond acceptors (Lipinski definition) is 8. The van der Waals surface area contributed by atoms with Crippen LogP contribution in [0.4, 0.5) is 0 Å². The average molecular weight is 769 g/mol. The van der Waals surface area contributed by atoms with Crippen LogP contribution in [0.2, 0.25) is 0 Å². The van der Waals surface area contributed by atoms with Gasteiger partial charge in [-0.25, -0.2) is 0 Å². The normalized spacial score (nSPS) is 12.2. The zero-order chi connectivity index (χ0) is 37.4. The Morgan fingerprint density at radius 2 is 0.608 bits per heavy atom. The largest absolute Gasteiger partial charge is 0.396 e. The van der Waals surface area contributed by atoms with Crippen molar-refractivity contribution in [2.24, 2.45) is 5.41 Å². The SMILES string of the molecule is CCCCCCCCCCCCCCCCCCOP(OCCCCCCCCCCCCCCCCCC)OCC(CO)(CO)COP(O)O. The van der Waals surface area contributed by atoms with E-state index in [4.69, 9.17) is 27.9 Å². The molecule has 0 bridgehead atoms. The second kappa shape index (κ2) is 41.7. The molecule has 0 saturated heterocycles. The molecule has 0 amide bonds. The molecule has 0 atom stereocenters. The van der Waals surface area contributed by atoms with Gasteiger partial charge in [0.05, 0.1) is 45.1 Å². The molecule has 0 aromatic carbocycles. The first kappa shape index (κ1) is 51.5. The van der Waals surface area contributed by atoms with Crippen LogP contribution in [0, 0.1) is 5.41 Å². The van der Waals surface area contributed by atoms with Gasteiger partial charge in [-0.1, -0.05) is 206 Å². The number of hydrogen-bond donors (Lipinski definition) is 4. The molecule has 0 aliphatic carbocycles. The van der Waals surface area contributed by atoms with Crippen molar-refractivity contribution in [3.8, 4) is 0 Å². The summed E-state index contributed by atoms with van der Waals surface area (Å²) in [5.74, 6) is 0. The Morgan fingerprint density at radius 1 is 0.353 bits per heavy atom. The van der Waals surface area contributed by atoms with Gasteiger partial charge >= 0.3 is 17.2 Å². The second-order valence-corrected chi connectivity index (χ2v) is 17.1. The topological polar surface area (TPSA) is 118 Å². The van der Waals surface area contributed by atoms with E-state index in [2.05, 4.69) is 13.8 Å². The summed E-state index contributed by atoms with van der Waals surface area (Å²) < 4.78 is 22.9. The molecule has 0 spiro atoms. The molecule has 4 N–H and O–H groups in total. The Bertz CT molecular complexity index is 619. The Kier molecular flexibility index (Phi) is 42.1. The fourth-order valence-electron chi connectivity index (χ4n) is 6.35. The van der Waals surface area contributed by atoms with Gasteiger partial charge in [0.2, 0.25) is 0 Å². The van der Waals surface area contributed by atoms with E-state index in [1.54, 1.807) is 0 Å². The predicted molar refractivity (Wildman–Crippen MR) is 218 cm³/mol. The molecule has 51 heavy (non-hydrogen) atoms. The van der Waals surface area contributed by atoms with Crippen LogP contribution in [-0.4, -0.2) is 59.6 Å². The van der Waals surface area contributed by atoms with Crippen LogP contribution in [0.15, 0.2) is 0 Å². The van der Waals surface area contributed by atoms with E-state index in [-0.39, 0.29) is 13.2 Å². The maximum Gasteiger partial charge on any atom is 0.332 e. The third-order valence-corrected chi connectivity index (χ3v) is 11.5. The first-order valence-electron chi connectivity index (χ1n) is 21.7. The lowest BCUT2D eigenvalue weighted by atomic mass is 9.93. The summed E-state index contributed by atoms with van der Waals surface area (Å²) in [6, 6.07) is 0. The summed E-state index contributed by atoms with van der Waals surface area (Å²) in [6.07, 6.45) is 42.2. The summed E-state index contributed by atoms with van der Waals surface area (Å²) >= 11 is 0. The fraction of sp³-hybridized carbons (Fsp3) is 1.00. The third-order valence-electron chi connectivity index (χ3n) is 10.0. The van der Waals surface area contributed by atoms with E-state index in [1.165, 1.54) is 180 Å². The summed E-state index contributed by atoms with van der Waals surface area (Å²) in [6.45, 7) is 4.50. The van der Waals surface area contributed by atoms with E-state index < -0.39 is 35.8 Å². The summed E-state index contributed by atoms with van der Waals surface area (Å²) in [4.78, 5) is 18.3. The van der Waals surface area contributed by atoms with E-state index in [1.807, 2.05) is 0 Å². The van der Waals surface area contributed by atoms with Crippen molar-refractivity contribution in [3.05, 3.63) is 0 Å². The van der Waals surface area contributed by atoms with Gasteiger partial charge in [-0.2, -0.15) is 0 Å². The molecule has 0 aromatic heterocycles. The molecule has 0 rings (SSSR count). The van der Waals surface area contributed by atoms with Crippen molar-refractivity contribution in [1.29, 1.82) is 0 Å². The van der Waals surface area contributed by atoms with Crippen LogP contribution in [0.1, 0.15) is 219 Å². The van der Waals surface area contributed by atoms with Gasteiger partial charge in [0, 0.05) is 0 Å². The van der Waals surface area contributed by atoms with Gasteiger partial charge in [-0.15, -0.1) is 0 Å². The first-order valence-corrected chi connectivity index (χ1v) is 24.0. The smallest absolute Gasteiger partial charge is 0.332 e. The predicted octanol–water partition coefficient (Wildman–Crippen LogP) is 13.0. The number of aliphatic hydroxyl groups excluding tert-OH is 2. The minimum absolute atomic E-state index is 0.0627. The molecule has 0 heterocycles. The molecule has 0 aromatic rings. The highest BCUT2D eigenvalue weighted by atomic mass is 31.2. The molecule has 0 unspecified atom stereocenters. The minimum atomic E-state index is -2.59. The lowest BCUT2D eigenvalue weighted by Gasteiger charge is -2.30.